The third kappa shape index (κ3) is 3.89. The van der Waals surface area contributed by atoms with Crippen LogP contribution in [-0.2, 0) is 4.74 Å². The van der Waals surface area contributed by atoms with Crippen molar-refractivity contribution in [3.8, 4) is 39.9 Å². The van der Waals surface area contributed by atoms with E-state index in [4.69, 9.17) is 32.8 Å². The summed E-state index contributed by atoms with van der Waals surface area (Å²) in [5.41, 5.74) is 0.0574. The van der Waals surface area contributed by atoms with Gasteiger partial charge in [0.1, 0.15) is 0 Å². The van der Waals surface area contributed by atoms with Crippen molar-refractivity contribution >= 4 is 16.7 Å². The molecule has 0 fully saturated rings. The maximum atomic E-state index is 12.8. The first kappa shape index (κ1) is 22.8. The second-order valence-electron chi connectivity index (χ2n) is 6.48. The molecule has 1 aromatic heterocycles. The van der Waals surface area contributed by atoms with Crippen LogP contribution in [0.15, 0.2) is 33.5 Å². The van der Waals surface area contributed by atoms with Crippen molar-refractivity contribution in [1.82, 2.24) is 0 Å². The minimum Gasteiger partial charge on any atom is -0.493 e. The van der Waals surface area contributed by atoms with Gasteiger partial charge >= 0.3 is 11.6 Å². The van der Waals surface area contributed by atoms with Gasteiger partial charge in [-0.05, 0) is 36.8 Å². The Labute approximate surface area is 184 Å². The highest BCUT2D eigenvalue weighted by Gasteiger charge is 2.26. The molecule has 0 radical (unpaired) electrons. The van der Waals surface area contributed by atoms with Gasteiger partial charge in [0, 0.05) is 10.9 Å². The van der Waals surface area contributed by atoms with Gasteiger partial charge < -0.3 is 32.8 Å². The highest BCUT2D eigenvalue weighted by Crippen LogP contribution is 2.44. The Morgan fingerprint density at radius 1 is 0.781 bits per heavy atom. The van der Waals surface area contributed by atoms with Crippen LogP contribution in [0, 0.1) is 0 Å². The van der Waals surface area contributed by atoms with Gasteiger partial charge in [-0.15, -0.1) is 0 Å². The Morgan fingerprint density at radius 2 is 1.31 bits per heavy atom. The summed E-state index contributed by atoms with van der Waals surface area (Å²) in [6.45, 7) is 1.76. The van der Waals surface area contributed by atoms with E-state index in [9.17, 15) is 9.59 Å². The first-order chi connectivity index (χ1) is 15.4. The molecule has 0 aliphatic rings. The zero-order chi connectivity index (χ0) is 23.4. The van der Waals surface area contributed by atoms with Crippen molar-refractivity contribution in [3.05, 3.63) is 40.4 Å². The van der Waals surface area contributed by atoms with Gasteiger partial charge in [-0.2, -0.15) is 0 Å². The minimum atomic E-state index is -0.787. The summed E-state index contributed by atoms with van der Waals surface area (Å²) in [5, 5.41) is 0.593. The van der Waals surface area contributed by atoms with Crippen LogP contribution in [0.1, 0.15) is 17.5 Å². The number of ether oxygens (including phenoxy) is 6. The van der Waals surface area contributed by atoms with Crippen LogP contribution >= 0.6 is 0 Å². The second kappa shape index (κ2) is 9.51. The van der Waals surface area contributed by atoms with E-state index >= 15 is 0 Å². The molecule has 3 aromatic rings. The second-order valence-corrected chi connectivity index (χ2v) is 6.48. The molecular formula is C23H24O9. The fourth-order valence-electron chi connectivity index (χ4n) is 3.43. The molecule has 9 heteroatoms. The molecule has 0 aliphatic heterocycles. The summed E-state index contributed by atoms with van der Waals surface area (Å²) in [4.78, 5) is 25.5. The lowest BCUT2D eigenvalue weighted by molar-refractivity contribution is 0.0487. The fraction of sp³-hybridized carbons (Fsp3) is 0.304. The van der Waals surface area contributed by atoms with Crippen LogP contribution in [0.5, 0.6) is 28.7 Å². The van der Waals surface area contributed by atoms with Gasteiger partial charge in [0.05, 0.1) is 47.5 Å². The number of hydrogen-bond acceptors (Lipinski definition) is 9. The number of benzene rings is 2. The van der Waals surface area contributed by atoms with Crippen LogP contribution < -0.4 is 29.3 Å². The number of rotatable bonds is 8. The highest BCUT2D eigenvalue weighted by atomic mass is 16.5. The molecule has 0 saturated heterocycles. The average molecular weight is 444 g/mol. The van der Waals surface area contributed by atoms with Crippen LogP contribution in [0.2, 0.25) is 0 Å². The van der Waals surface area contributed by atoms with Crippen LogP contribution in [0.4, 0.5) is 0 Å². The molecule has 9 nitrogen and oxygen atoms in total. The summed E-state index contributed by atoms with van der Waals surface area (Å²) in [7, 11) is 7.37. The van der Waals surface area contributed by atoms with E-state index in [-0.39, 0.29) is 17.8 Å². The molecule has 0 spiro atoms. The standard InChI is InChI=1S/C23H24O9/c1-7-31-23(25)21-19(12-8-17(28-4)20(30-6)18(9-12)29-5)13-10-15(26-2)16(27-3)11-14(13)22(24)32-21/h8-11H,7H2,1-6H3. The average Bonchev–Trinajstić information content (AvgIpc) is 2.82. The number of hydrogen-bond donors (Lipinski definition) is 0. The Morgan fingerprint density at radius 3 is 1.78 bits per heavy atom. The normalized spacial score (nSPS) is 10.6. The van der Waals surface area contributed by atoms with Gasteiger partial charge in [-0.25, -0.2) is 9.59 Å². The van der Waals surface area contributed by atoms with Crippen LogP contribution in [0.3, 0.4) is 0 Å². The predicted molar refractivity (Wildman–Crippen MR) is 117 cm³/mol. The first-order valence-electron chi connectivity index (χ1n) is 9.64. The lowest BCUT2D eigenvalue weighted by Gasteiger charge is -2.17. The minimum absolute atomic E-state index is 0.0984. The van der Waals surface area contributed by atoms with Crippen molar-refractivity contribution in [2.45, 2.75) is 6.92 Å². The first-order valence-corrected chi connectivity index (χ1v) is 9.64. The topological polar surface area (TPSA) is 103 Å². The maximum absolute atomic E-state index is 12.8. The van der Waals surface area contributed by atoms with Gasteiger partial charge in [-0.1, -0.05) is 0 Å². The molecule has 0 N–H and O–H groups in total. The molecule has 32 heavy (non-hydrogen) atoms. The molecule has 0 amide bonds. The monoisotopic (exact) mass is 444 g/mol. The predicted octanol–water partition coefficient (Wildman–Crippen LogP) is 3.68. The molecular weight excluding hydrogens is 420 g/mol. The molecule has 0 bridgehead atoms. The van der Waals surface area contributed by atoms with E-state index in [1.807, 2.05) is 0 Å². The van der Waals surface area contributed by atoms with E-state index < -0.39 is 11.6 Å². The van der Waals surface area contributed by atoms with Crippen molar-refractivity contribution in [2.75, 3.05) is 42.2 Å². The molecule has 2 aromatic carbocycles. The highest BCUT2D eigenvalue weighted by molar-refractivity contribution is 6.06. The lowest BCUT2D eigenvalue weighted by atomic mass is 9.97. The van der Waals surface area contributed by atoms with E-state index in [1.54, 1.807) is 25.1 Å². The lowest BCUT2D eigenvalue weighted by Crippen LogP contribution is -2.13. The Bertz CT molecular complexity index is 1190. The van der Waals surface area contributed by atoms with Crippen molar-refractivity contribution in [3.63, 3.8) is 0 Å². The molecule has 1 heterocycles. The zero-order valence-electron chi connectivity index (χ0n) is 18.7. The van der Waals surface area contributed by atoms with E-state index in [0.717, 1.165) is 0 Å². The SMILES string of the molecule is CCOC(=O)c1oc(=O)c2cc(OC)c(OC)cc2c1-c1cc(OC)c(OC)c(OC)c1. The number of esters is 1. The van der Waals surface area contributed by atoms with E-state index in [2.05, 4.69) is 0 Å². The van der Waals surface area contributed by atoms with Crippen molar-refractivity contribution < 1.29 is 37.6 Å². The molecule has 0 saturated carbocycles. The van der Waals surface area contributed by atoms with E-state index in [1.165, 1.54) is 41.6 Å². The molecule has 3 rings (SSSR count). The quantitative estimate of drug-likeness (QED) is 0.481. The Hall–Kier alpha value is -3.88. The Kier molecular flexibility index (Phi) is 6.77. The molecule has 0 unspecified atom stereocenters. The fourth-order valence-corrected chi connectivity index (χ4v) is 3.43. The van der Waals surface area contributed by atoms with Gasteiger partial charge in [0.15, 0.2) is 23.0 Å². The van der Waals surface area contributed by atoms with Crippen LogP contribution in [-0.4, -0.2) is 48.1 Å². The third-order valence-electron chi connectivity index (χ3n) is 4.85. The van der Waals surface area contributed by atoms with Crippen molar-refractivity contribution in [1.29, 1.82) is 0 Å². The summed E-state index contributed by atoms with van der Waals surface area (Å²) >= 11 is 0. The van der Waals surface area contributed by atoms with Crippen LogP contribution in [0.25, 0.3) is 21.9 Å². The third-order valence-corrected chi connectivity index (χ3v) is 4.85. The van der Waals surface area contributed by atoms with Gasteiger partial charge in [-0.3, -0.25) is 0 Å². The summed E-state index contributed by atoms with van der Waals surface area (Å²) in [6, 6.07) is 6.40. The Balaban J connectivity index is 2.50. The smallest absolute Gasteiger partial charge is 0.375 e. The summed E-state index contributed by atoms with van der Waals surface area (Å²) in [6.07, 6.45) is 0. The van der Waals surface area contributed by atoms with Gasteiger partial charge in [0.2, 0.25) is 11.5 Å². The molecule has 0 atom stereocenters. The molecule has 0 aliphatic carbocycles. The molecule has 170 valence electrons. The number of fused-ring (bicyclic) bond motifs is 1. The zero-order valence-corrected chi connectivity index (χ0v) is 18.7. The maximum Gasteiger partial charge on any atom is 0.375 e. The summed E-state index contributed by atoms with van der Waals surface area (Å²) in [5.74, 6) is 0.752. The van der Waals surface area contributed by atoms with Crippen molar-refractivity contribution in [2.24, 2.45) is 0 Å². The number of methoxy groups -OCH3 is 5. The number of carbonyl (C=O) groups is 1. The summed E-state index contributed by atoms with van der Waals surface area (Å²) < 4.78 is 37.6. The number of carbonyl (C=O) groups excluding carboxylic acids is 1. The largest absolute Gasteiger partial charge is 0.493 e. The van der Waals surface area contributed by atoms with E-state index in [0.29, 0.717) is 45.3 Å². The van der Waals surface area contributed by atoms with Gasteiger partial charge in [0.25, 0.3) is 0 Å².